The number of urea groups is 1. The molecule has 1 N–H and O–H groups in total. The van der Waals surface area contributed by atoms with Crippen molar-refractivity contribution in [1.82, 2.24) is 10.2 Å². The summed E-state index contributed by atoms with van der Waals surface area (Å²) >= 11 is 3.51. The summed E-state index contributed by atoms with van der Waals surface area (Å²) in [5.41, 5.74) is 0.919. The van der Waals surface area contributed by atoms with Crippen molar-refractivity contribution in [3.05, 3.63) is 40.5 Å². The Bertz CT molecular complexity index is 745. The lowest BCUT2D eigenvalue weighted by Crippen LogP contribution is -2.30. The lowest BCUT2D eigenvalue weighted by Gasteiger charge is -2.18. The maximum atomic E-state index is 12.3. The third kappa shape index (κ3) is 4.46. The molecule has 26 heavy (non-hydrogen) atoms. The Hall–Kier alpha value is -2.28. The highest BCUT2D eigenvalue weighted by Gasteiger charge is 2.32. The van der Waals surface area contributed by atoms with Crippen LogP contribution >= 0.6 is 15.9 Å². The van der Waals surface area contributed by atoms with Crippen LogP contribution in [0, 0.1) is 0 Å². The van der Waals surface area contributed by atoms with Crippen molar-refractivity contribution in [2.45, 2.75) is 33.3 Å². The van der Waals surface area contributed by atoms with Gasteiger partial charge in [0.2, 0.25) is 0 Å². The topological polar surface area (TPSA) is 67.9 Å². The minimum Gasteiger partial charge on any atom is -0.490 e. The Labute approximate surface area is 162 Å². The number of nitrogens with zero attached hydrogens (tertiary/aromatic N) is 1. The highest BCUT2D eigenvalue weighted by molar-refractivity contribution is 9.10. The first kappa shape index (κ1) is 20.0. The second-order valence-corrected chi connectivity index (χ2v) is 6.65. The van der Waals surface area contributed by atoms with E-state index in [1.165, 1.54) is 6.08 Å². The van der Waals surface area contributed by atoms with Crippen LogP contribution in [0.15, 0.2) is 35.0 Å². The fourth-order valence-electron chi connectivity index (χ4n) is 2.37. The van der Waals surface area contributed by atoms with E-state index in [0.29, 0.717) is 23.7 Å². The van der Waals surface area contributed by atoms with Gasteiger partial charge in [0.15, 0.2) is 11.5 Å². The van der Waals surface area contributed by atoms with E-state index >= 15 is 0 Å². The fraction of sp³-hybridized carbons (Fsp3) is 0.368. The van der Waals surface area contributed by atoms with Crippen molar-refractivity contribution in [2.24, 2.45) is 0 Å². The number of carbonyl (C=O) groups is 2. The summed E-state index contributed by atoms with van der Waals surface area (Å²) in [7, 11) is 0. The van der Waals surface area contributed by atoms with Crippen LogP contribution < -0.4 is 14.8 Å². The number of nitrogens with one attached hydrogen (secondary N) is 1. The molecule has 2 rings (SSSR count). The monoisotopic (exact) mass is 422 g/mol. The number of hydrogen-bond donors (Lipinski definition) is 1. The minimum absolute atomic E-state index is 0.0397. The normalized spacial score (nSPS) is 16.6. The van der Waals surface area contributed by atoms with Gasteiger partial charge in [-0.05, 0) is 60.0 Å². The molecule has 1 heterocycles. The van der Waals surface area contributed by atoms with E-state index in [-0.39, 0.29) is 24.3 Å². The Morgan fingerprint density at radius 1 is 1.35 bits per heavy atom. The summed E-state index contributed by atoms with van der Waals surface area (Å²) in [6.07, 6.45) is 4.02. The molecular formula is C19H23BrN2O4. The number of ether oxygens (including phenoxy) is 2. The smallest absolute Gasteiger partial charge is 0.329 e. The number of amides is 3. The lowest BCUT2D eigenvalue weighted by molar-refractivity contribution is -0.122. The second kappa shape index (κ2) is 8.89. The van der Waals surface area contributed by atoms with Gasteiger partial charge in [-0.1, -0.05) is 13.0 Å². The van der Waals surface area contributed by atoms with Crippen LogP contribution in [-0.4, -0.2) is 36.1 Å². The van der Waals surface area contributed by atoms with E-state index in [2.05, 4.69) is 27.8 Å². The van der Waals surface area contributed by atoms with E-state index in [9.17, 15) is 9.59 Å². The molecule has 1 aliphatic heterocycles. The van der Waals surface area contributed by atoms with Gasteiger partial charge in [-0.15, -0.1) is 6.58 Å². The number of rotatable bonds is 8. The first-order valence-electron chi connectivity index (χ1n) is 8.49. The molecule has 1 atom stereocenters. The maximum absolute atomic E-state index is 12.3. The summed E-state index contributed by atoms with van der Waals surface area (Å²) < 4.78 is 12.4. The van der Waals surface area contributed by atoms with Crippen LogP contribution in [0.4, 0.5) is 4.79 Å². The van der Waals surface area contributed by atoms with Gasteiger partial charge >= 0.3 is 6.03 Å². The summed E-state index contributed by atoms with van der Waals surface area (Å²) in [6, 6.07) is 3.15. The van der Waals surface area contributed by atoms with Gasteiger partial charge in [0.1, 0.15) is 5.70 Å². The molecule has 0 unspecified atom stereocenters. The largest absolute Gasteiger partial charge is 0.490 e. The zero-order valence-electron chi connectivity index (χ0n) is 15.2. The molecule has 1 fully saturated rings. The maximum Gasteiger partial charge on any atom is 0.329 e. The Kier molecular flexibility index (Phi) is 6.85. The van der Waals surface area contributed by atoms with Crippen molar-refractivity contribution in [3.8, 4) is 11.5 Å². The number of halogens is 1. The molecule has 7 heteroatoms. The van der Waals surface area contributed by atoms with Crippen LogP contribution in [0.5, 0.6) is 11.5 Å². The Morgan fingerprint density at radius 3 is 2.69 bits per heavy atom. The minimum atomic E-state index is -0.457. The van der Waals surface area contributed by atoms with Crippen LogP contribution in [0.3, 0.4) is 0 Å². The molecule has 0 spiro atoms. The van der Waals surface area contributed by atoms with Gasteiger partial charge < -0.3 is 14.8 Å². The molecule has 3 amide bonds. The lowest BCUT2D eigenvalue weighted by atomic mass is 10.1. The summed E-state index contributed by atoms with van der Waals surface area (Å²) in [5.74, 6) is 0.816. The molecule has 0 saturated carbocycles. The van der Waals surface area contributed by atoms with Crippen molar-refractivity contribution in [3.63, 3.8) is 0 Å². The van der Waals surface area contributed by atoms with E-state index in [1.807, 2.05) is 26.8 Å². The molecule has 0 bridgehead atoms. The van der Waals surface area contributed by atoms with E-state index in [1.54, 1.807) is 12.1 Å². The van der Waals surface area contributed by atoms with Crippen LogP contribution in [0.1, 0.15) is 32.8 Å². The van der Waals surface area contributed by atoms with Gasteiger partial charge in [-0.3, -0.25) is 9.69 Å². The molecule has 6 nitrogen and oxygen atoms in total. The number of carbonyl (C=O) groups excluding carboxylic acids is 2. The molecule has 0 radical (unpaired) electrons. The predicted octanol–water partition coefficient (Wildman–Crippen LogP) is 4.10. The molecule has 0 aromatic heterocycles. The van der Waals surface area contributed by atoms with Crippen LogP contribution in [0.2, 0.25) is 0 Å². The van der Waals surface area contributed by atoms with Gasteiger partial charge in [-0.25, -0.2) is 4.79 Å². The second-order valence-electron chi connectivity index (χ2n) is 5.79. The van der Waals surface area contributed by atoms with Gasteiger partial charge in [-0.2, -0.15) is 0 Å². The highest BCUT2D eigenvalue weighted by atomic mass is 79.9. The molecule has 0 aliphatic carbocycles. The zero-order chi connectivity index (χ0) is 19.3. The van der Waals surface area contributed by atoms with Crippen molar-refractivity contribution in [1.29, 1.82) is 0 Å². The standard InChI is InChI=1S/C19H23BrN2O4/c1-5-8-22-18(23)15(21-19(22)24)10-13-9-14(20)17(26-12(4)6-2)16(11-13)25-7-3/h5,9-12H,1,6-8H2,2-4H3,(H,21,24)/b15-10+/t12-/m0/s1. The third-order valence-corrected chi connectivity index (χ3v) is 4.40. The average Bonchev–Trinajstić information content (AvgIpc) is 2.86. The predicted molar refractivity (Wildman–Crippen MR) is 104 cm³/mol. The quantitative estimate of drug-likeness (QED) is 0.388. The SMILES string of the molecule is C=CCN1C(=O)N/C(=C/c2cc(Br)c(O[C@@H](C)CC)c(OCC)c2)C1=O. The van der Waals surface area contributed by atoms with Gasteiger partial charge in [0.25, 0.3) is 5.91 Å². The molecule has 1 saturated heterocycles. The number of imide groups is 1. The molecular weight excluding hydrogens is 400 g/mol. The van der Waals surface area contributed by atoms with E-state index < -0.39 is 6.03 Å². The molecule has 1 aliphatic rings. The average molecular weight is 423 g/mol. The summed E-state index contributed by atoms with van der Waals surface area (Å²) in [6.45, 7) is 10.1. The van der Waals surface area contributed by atoms with Crippen LogP contribution in [-0.2, 0) is 4.79 Å². The first-order chi connectivity index (χ1) is 12.4. The first-order valence-corrected chi connectivity index (χ1v) is 9.28. The van der Waals surface area contributed by atoms with Crippen molar-refractivity contribution in [2.75, 3.05) is 13.2 Å². The number of benzene rings is 1. The fourth-order valence-corrected chi connectivity index (χ4v) is 2.92. The molecule has 140 valence electrons. The third-order valence-electron chi connectivity index (χ3n) is 3.81. The van der Waals surface area contributed by atoms with E-state index in [4.69, 9.17) is 9.47 Å². The molecule has 1 aromatic rings. The Morgan fingerprint density at radius 2 is 2.08 bits per heavy atom. The van der Waals surface area contributed by atoms with Gasteiger partial charge in [0, 0.05) is 6.54 Å². The zero-order valence-corrected chi connectivity index (χ0v) is 16.8. The summed E-state index contributed by atoms with van der Waals surface area (Å²) in [5, 5.41) is 2.58. The number of hydrogen-bond acceptors (Lipinski definition) is 4. The van der Waals surface area contributed by atoms with Crippen LogP contribution in [0.25, 0.3) is 6.08 Å². The van der Waals surface area contributed by atoms with Crippen molar-refractivity contribution < 1.29 is 19.1 Å². The van der Waals surface area contributed by atoms with Crippen molar-refractivity contribution >= 4 is 33.9 Å². The highest BCUT2D eigenvalue weighted by Crippen LogP contribution is 2.38. The Balaban J connectivity index is 2.37. The molecule has 1 aromatic carbocycles. The van der Waals surface area contributed by atoms with Gasteiger partial charge in [0.05, 0.1) is 17.2 Å². The summed E-state index contributed by atoms with van der Waals surface area (Å²) in [4.78, 5) is 25.3. The van der Waals surface area contributed by atoms with E-state index in [0.717, 1.165) is 15.8 Å².